The molecule has 1 fully saturated rings. The van der Waals surface area contributed by atoms with Gasteiger partial charge in [0.1, 0.15) is 6.17 Å². The third kappa shape index (κ3) is 3.93. The van der Waals surface area contributed by atoms with Crippen LogP contribution in [0.1, 0.15) is 57.1 Å². The molecule has 0 aliphatic carbocycles. The van der Waals surface area contributed by atoms with E-state index in [-0.39, 0.29) is 23.5 Å². The van der Waals surface area contributed by atoms with E-state index in [1.807, 2.05) is 66.8 Å². The molecule has 0 spiro atoms. The smallest absolute Gasteiger partial charge is 0.258 e. The summed E-state index contributed by atoms with van der Waals surface area (Å²) in [5, 5.41) is 8.30. The van der Waals surface area contributed by atoms with Crippen molar-refractivity contribution in [2.75, 3.05) is 16.8 Å². The average Bonchev–Trinajstić information content (AvgIpc) is 3.29. The molecule has 0 unspecified atom stereocenters. The molecule has 2 atom stereocenters. The number of aromatic nitrogens is 2. The molecule has 33 heavy (non-hydrogen) atoms. The van der Waals surface area contributed by atoms with Crippen molar-refractivity contribution < 1.29 is 13.2 Å². The second-order valence-electron chi connectivity index (χ2n) is 9.10. The Morgan fingerprint density at radius 3 is 2.48 bits per heavy atom. The Hall–Kier alpha value is -3.13. The number of benzene rings is 2. The van der Waals surface area contributed by atoms with Gasteiger partial charge in [0.15, 0.2) is 9.84 Å². The summed E-state index contributed by atoms with van der Waals surface area (Å²) in [6.07, 6.45) is 0.164. The van der Waals surface area contributed by atoms with Gasteiger partial charge in [-0.25, -0.2) is 8.42 Å². The Morgan fingerprint density at radius 2 is 1.79 bits per heavy atom. The predicted molar refractivity (Wildman–Crippen MR) is 128 cm³/mol. The van der Waals surface area contributed by atoms with Crippen LogP contribution in [0.5, 0.6) is 0 Å². The third-order valence-corrected chi connectivity index (χ3v) is 8.45. The Morgan fingerprint density at radius 1 is 1.06 bits per heavy atom. The van der Waals surface area contributed by atoms with Gasteiger partial charge in [0.25, 0.3) is 5.91 Å². The zero-order valence-corrected chi connectivity index (χ0v) is 19.9. The van der Waals surface area contributed by atoms with Crippen LogP contribution in [0, 0.1) is 20.8 Å². The first-order chi connectivity index (χ1) is 15.7. The number of sulfone groups is 1. The lowest BCUT2D eigenvalue weighted by atomic mass is 10.0. The number of para-hydroxylation sites is 1. The van der Waals surface area contributed by atoms with Crippen LogP contribution in [0.2, 0.25) is 0 Å². The lowest BCUT2D eigenvalue weighted by Crippen LogP contribution is -2.42. The molecule has 1 amide bonds. The van der Waals surface area contributed by atoms with Crippen molar-refractivity contribution in [3.05, 3.63) is 82.2 Å². The van der Waals surface area contributed by atoms with Gasteiger partial charge in [-0.2, -0.15) is 5.10 Å². The lowest BCUT2D eigenvalue weighted by molar-refractivity contribution is 0.0665. The SMILES string of the molecule is Cc1ccc(CN2C(=O)c3ccccc3N[C@H]2c2c(C)nn([C@@H]3CCS(=O)(=O)C3)c2C)cc1. The highest BCUT2D eigenvalue weighted by molar-refractivity contribution is 7.91. The maximum atomic E-state index is 13.6. The molecule has 0 bridgehead atoms. The summed E-state index contributed by atoms with van der Waals surface area (Å²) >= 11 is 0. The molecule has 2 aliphatic heterocycles. The summed E-state index contributed by atoms with van der Waals surface area (Å²) in [7, 11) is -3.03. The van der Waals surface area contributed by atoms with E-state index >= 15 is 0 Å². The highest BCUT2D eigenvalue weighted by atomic mass is 32.2. The molecule has 1 N–H and O–H groups in total. The fraction of sp³-hybridized carbons (Fsp3) is 0.360. The van der Waals surface area contributed by atoms with E-state index in [0.717, 1.165) is 28.2 Å². The van der Waals surface area contributed by atoms with Crippen LogP contribution >= 0.6 is 0 Å². The quantitative estimate of drug-likeness (QED) is 0.632. The molecule has 3 aromatic rings. The summed E-state index contributed by atoms with van der Waals surface area (Å²) in [6, 6.07) is 15.6. The van der Waals surface area contributed by atoms with Crippen LogP contribution in [0.4, 0.5) is 5.69 Å². The van der Waals surface area contributed by atoms with Gasteiger partial charge in [0, 0.05) is 23.5 Å². The van der Waals surface area contributed by atoms with Crippen LogP contribution in [-0.4, -0.2) is 40.5 Å². The standard InChI is InChI=1S/C25H28N4O3S/c1-16-8-10-19(11-9-16)14-28-24(26-22-7-5-4-6-21(22)25(28)30)23-17(2)27-29(18(23)3)20-12-13-33(31,32)15-20/h4-11,20,24,26H,12-15H2,1-3H3/t20-,24-/m1/s1. The summed E-state index contributed by atoms with van der Waals surface area (Å²) in [5.41, 5.74) is 6.28. The molecule has 8 heteroatoms. The molecule has 3 heterocycles. The van der Waals surface area contributed by atoms with Crippen LogP contribution in [0.3, 0.4) is 0 Å². The van der Waals surface area contributed by atoms with Gasteiger partial charge in [-0.15, -0.1) is 0 Å². The van der Waals surface area contributed by atoms with Crippen molar-refractivity contribution in [3.63, 3.8) is 0 Å². The van der Waals surface area contributed by atoms with Crippen LogP contribution in [0.15, 0.2) is 48.5 Å². The van der Waals surface area contributed by atoms with E-state index in [1.165, 1.54) is 5.56 Å². The van der Waals surface area contributed by atoms with Crippen LogP contribution in [0.25, 0.3) is 0 Å². The van der Waals surface area contributed by atoms with Gasteiger partial charge in [-0.05, 0) is 44.9 Å². The van der Waals surface area contributed by atoms with Crippen molar-refractivity contribution in [1.29, 1.82) is 0 Å². The summed E-state index contributed by atoms with van der Waals surface area (Å²) in [4.78, 5) is 15.5. The minimum atomic E-state index is -3.03. The molecule has 0 saturated carbocycles. The van der Waals surface area contributed by atoms with E-state index < -0.39 is 16.0 Å². The molecule has 0 radical (unpaired) electrons. The molecular weight excluding hydrogens is 436 g/mol. The highest BCUT2D eigenvalue weighted by Crippen LogP contribution is 2.38. The van der Waals surface area contributed by atoms with Crippen LogP contribution in [-0.2, 0) is 16.4 Å². The second-order valence-corrected chi connectivity index (χ2v) is 11.3. The van der Waals surface area contributed by atoms with Gasteiger partial charge in [-0.3, -0.25) is 9.48 Å². The first kappa shape index (κ1) is 21.7. The first-order valence-electron chi connectivity index (χ1n) is 11.2. The van der Waals surface area contributed by atoms with Gasteiger partial charge in [0.05, 0.1) is 28.8 Å². The molecule has 1 aromatic heterocycles. The number of rotatable bonds is 4. The molecule has 2 aliphatic rings. The number of nitrogens with zero attached hydrogens (tertiary/aromatic N) is 3. The molecule has 172 valence electrons. The topological polar surface area (TPSA) is 84.3 Å². The molecule has 7 nitrogen and oxygen atoms in total. The van der Waals surface area contributed by atoms with E-state index in [4.69, 9.17) is 5.10 Å². The Balaban J connectivity index is 1.57. The highest BCUT2D eigenvalue weighted by Gasteiger charge is 2.38. The Kier molecular flexibility index (Phi) is 5.28. The number of aryl methyl sites for hydroxylation is 2. The maximum Gasteiger partial charge on any atom is 0.258 e. The lowest BCUT2D eigenvalue weighted by Gasteiger charge is -2.38. The monoisotopic (exact) mass is 464 g/mol. The summed E-state index contributed by atoms with van der Waals surface area (Å²) in [5.74, 6) is 0.268. The fourth-order valence-corrected chi connectivity index (χ4v) is 6.66. The average molecular weight is 465 g/mol. The van der Waals surface area contributed by atoms with Gasteiger partial charge in [-0.1, -0.05) is 42.0 Å². The Bertz CT molecular complexity index is 1330. The zero-order chi connectivity index (χ0) is 23.3. The number of anilines is 1. The van der Waals surface area contributed by atoms with Crippen LogP contribution < -0.4 is 5.32 Å². The number of nitrogens with one attached hydrogen (secondary N) is 1. The largest absolute Gasteiger partial charge is 0.361 e. The van der Waals surface area contributed by atoms with Crippen molar-refractivity contribution in [2.45, 2.75) is 45.9 Å². The molecule has 1 saturated heterocycles. The number of amides is 1. The Labute approximate surface area is 194 Å². The van der Waals surface area contributed by atoms with Crippen molar-refractivity contribution in [2.24, 2.45) is 0 Å². The summed E-state index contributed by atoms with van der Waals surface area (Å²) in [6.45, 7) is 6.39. The molecular formula is C25H28N4O3S. The zero-order valence-electron chi connectivity index (χ0n) is 19.1. The summed E-state index contributed by atoms with van der Waals surface area (Å²) < 4.78 is 26.0. The number of hydrogen-bond donors (Lipinski definition) is 1. The third-order valence-electron chi connectivity index (χ3n) is 6.70. The van der Waals surface area contributed by atoms with E-state index in [9.17, 15) is 13.2 Å². The van der Waals surface area contributed by atoms with Crippen molar-refractivity contribution in [1.82, 2.24) is 14.7 Å². The number of carbonyl (C=O) groups is 1. The number of hydrogen-bond acceptors (Lipinski definition) is 5. The van der Waals surface area contributed by atoms with E-state index in [2.05, 4.69) is 17.4 Å². The minimum absolute atomic E-state index is 0.0371. The number of carbonyl (C=O) groups excluding carboxylic acids is 1. The normalized spacial score (nSPS) is 21.7. The van der Waals surface area contributed by atoms with Gasteiger partial charge in [0.2, 0.25) is 0 Å². The van der Waals surface area contributed by atoms with Crippen molar-refractivity contribution >= 4 is 21.4 Å². The second kappa shape index (κ2) is 8.02. The molecule has 5 rings (SSSR count). The minimum Gasteiger partial charge on any atom is -0.361 e. The van der Waals surface area contributed by atoms with E-state index in [1.54, 1.807) is 0 Å². The van der Waals surface area contributed by atoms with Gasteiger partial charge < -0.3 is 10.2 Å². The van der Waals surface area contributed by atoms with E-state index in [0.29, 0.717) is 18.5 Å². The molecule has 2 aromatic carbocycles. The number of fused-ring (bicyclic) bond motifs is 1. The van der Waals surface area contributed by atoms with Crippen molar-refractivity contribution in [3.8, 4) is 0 Å². The maximum absolute atomic E-state index is 13.6. The fourth-order valence-electron chi connectivity index (χ4n) is 4.97. The first-order valence-corrected chi connectivity index (χ1v) is 13.0. The van der Waals surface area contributed by atoms with Gasteiger partial charge >= 0.3 is 0 Å². The predicted octanol–water partition coefficient (Wildman–Crippen LogP) is 3.93.